The topological polar surface area (TPSA) is 26.3 Å². The fraction of sp³-hybridized carbons (Fsp3) is 0.167. The van der Waals surface area contributed by atoms with Crippen molar-refractivity contribution in [2.45, 2.75) is 18.9 Å². The molecule has 0 heterocycles. The van der Waals surface area contributed by atoms with Crippen LogP contribution in [-0.2, 0) is 22.4 Å². The summed E-state index contributed by atoms with van der Waals surface area (Å²) in [7, 11) is 0. The van der Waals surface area contributed by atoms with Crippen molar-refractivity contribution in [1.29, 1.82) is 0 Å². The molecule has 2 heteroatoms. The summed E-state index contributed by atoms with van der Waals surface area (Å²) in [4.78, 5) is 11.5. The van der Waals surface area contributed by atoms with Crippen molar-refractivity contribution in [2.75, 3.05) is 0 Å². The molecule has 2 aromatic rings. The quantitative estimate of drug-likeness (QED) is 0.590. The maximum absolute atomic E-state index is 11.5. The molecule has 0 amide bonds. The lowest BCUT2D eigenvalue weighted by Crippen LogP contribution is -2.22. The Bertz CT molecular complexity index is 505. The molecule has 0 fully saturated rings. The van der Waals surface area contributed by atoms with Crippen molar-refractivity contribution >= 4 is 5.97 Å². The lowest BCUT2D eigenvalue weighted by Gasteiger charge is -2.17. The Hall–Kier alpha value is -2.35. The van der Waals surface area contributed by atoms with E-state index in [1.807, 2.05) is 60.7 Å². The summed E-state index contributed by atoms with van der Waals surface area (Å²) in [6.07, 6.45) is 2.44. The van der Waals surface area contributed by atoms with Gasteiger partial charge in [0.15, 0.2) is 0 Å². The van der Waals surface area contributed by atoms with Crippen LogP contribution in [-0.4, -0.2) is 12.1 Å². The van der Waals surface area contributed by atoms with Crippen LogP contribution in [0.2, 0.25) is 0 Å². The van der Waals surface area contributed by atoms with Crippen LogP contribution < -0.4 is 0 Å². The van der Waals surface area contributed by atoms with Crippen molar-refractivity contribution < 1.29 is 9.53 Å². The smallest absolute Gasteiger partial charge is 0.330 e. The molecular weight excluding hydrogens is 248 g/mol. The normalized spacial score (nSPS) is 10.2. The molecule has 0 bridgehead atoms. The molecule has 0 saturated carbocycles. The summed E-state index contributed by atoms with van der Waals surface area (Å²) in [6, 6.07) is 20.1. The number of hydrogen-bond acceptors (Lipinski definition) is 2. The third kappa shape index (κ3) is 4.39. The molecule has 0 spiro atoms. The van der Waals surface area contributed by atoms with Crippen LogP contribution in [0, 0.1) is 0 Å². The number of carbonyl (C=O) groups is 1. The Morgan fingerprint density at radius 1 is 0.950 bits per heavy atom. The minimum Gasteiger partial charge on any atom is -0.459 e. The molecule has 0 atom stereocenters. The molecule has 2 nitrogen and oxygen atoms in total. The Morgan fingerprint density at radius 2 is 1.40 bits per heavy atom. The third-order valence-electron chi connectivity index (χ3n) is 3.06. The van der Waals surface area contributed by atoms with Crippen molar-refractivity contribution in [3.05, 3.63) is 84.4 Å². The van der Waals surface area contributed by atoms with Gasteiger partial charge in [-0.1, -0.05) is 67.2 Å². The van der Waals surface area contributed by atoms with Crippen molar-refractivity contribution in [3.63, 3.8) is 0 Å². The minimum absolute atomic E-state index is 0.176. The van der Waals surface area contributed by atoms with Crippen molar-refractivity contribution in [3.8, 4) is 0 Å². The molecule has 2 aromatic carbocycles. The predicted octanol–water partition coefficient (Wildman–Crippen LogP) is 3.57. The zero-order valence-corrected chi connectivity index (χ0v) is 11.4. The molecule has 0 N–H and O–H groups in total. The molecule has 0 saturated heterocycles. The van der Waals surface area contributed by atoms with Gasteiger partial charge in [0.05, 0.1) is 0 Å². The summed E-state index contributed by atoms with van der Waals surface area (Å²) >= 11 is 0. The summed E-state index contributed by atoms with van der Waals surface area (Å²) in [5, 5.41) is 0. The number of benzene rings is 2. The molecule has 0 aliphatic carbocycles. The monoisotopic (exact) mass is 266 g/mol. The SMILES string of the molecule is C=CC(=O)OC(Cc1ccccc1)Cc1ccccc1. The fourth-order valence-corrected chi connectivity index (χ4v) is 2.12. The van der Waals surface area contributed by atoms with Gasteiger partial charge in [0.1, 0.15) is 6.10 Å². The largest absolute Gasteiger partial charge is 0.459 e. The molecule has 2 rings (SSSR count). The second-order valence-electron chi connectivity index (χ2n) is 4.64. The van der Waals surface area contributed by atoms with Crippen LogP contribution in [0.1, 0.15) is 11.1 Å². The highest BCUT2D eigenvalue weighted by molar-refractivity contribution is 5.81. The van der Waals surface area contributed by atoms with Gasteiger partial charge in [-0.15, -0.1) is 0 Å². The van der Waals surface area contributed by atoms with Gasteiger partial charge in [-0.3, -0.25) is 0 Å². The van der Waals surface area contributed by atoms with Gasteiger partial charge in [0.25, 0.3) is 0 Å². The lowest BCUT2D eigenvalue weighted by atomic mass is 10.0. The zero-order valence-electron chi connectivity index (χ0n) is 11.4. The number of ether oxygens (including phenoxy) is 1. The van der Waals surface area contributed by atoms with Gasteiger partial charge in [-0.25, -0.2) is 4.79 Å². The van der Waals surface area contributed by atoms with Gasteiger partial charge in [0, 0.05) is 18.9 Å². The molecular formula is C18H18O2. The minimum atomic E-state index is -0.373. The van der Waals surface area contributed by atoms with E-state index in [4.69, 9.17) is 4.74 Å². The van der Waals surface area contributed by atoms with Crippen LogP contribution in [0.5, 0.6) is 0 Å². The maximum atomic E-state index is 11.5. The van der Waals surface area contributed by atoms with Crippen LogP contribution in [0.3, 0.4) is 0 Å². The van der Waals surface area contributed by atoms with Crippen molar-refractivity contribution in [2.24, 2.45) is 0 Å². The highest BCUT2D eigenvalue weighted by atomic mass is 16.5. The molecule has 0 unspecified atom stereocenters. The van der Waals surface area contributed by atoms with Crippen LogP contribution in [0.25, 0.3) is 0 Å². The summed E-state index contributed by atoms with van der Waals surface area (Å²) in [5.41, 5.74) is 2.32. The Labute approximate surface area is 119 Å². The molecule has 102 valence electrons. The van der Waals surface area contributed by atoms with E-state index in [0.29, 0.717) is 12.8 Å². The fourth-order valence-electron chi connectivity index (χ4n) is 2.12. The van der Waals surface area contributed by atoms with E-state index >= 15 is 0 Å². The van der Waals surface area contributed by atoms with E-state index in [0.717, 1.165) is 11.1 Å². The number of esters is 1. The Morgan fingerprint density at radius 3 is 1.80 bits per heavy atom. The second-order valence-corrected chi connectivity index (χ2v) is 4.64. The molecule has 0 aliphatic rings. The summed E-state index contributed by atoms with van der Waals surface area (Å²) in [5.74, 6) is -0.373. The van der Waals surface area contributed by atoms with Crippen LogP contribution >= 0.6 is 0 Å². The van der Waals surface area contributed by atoms with E-state index in [9.17, 15) is 4.79 Å². The average molecular weight is 266 g/mol. The number of rotatable bonds is 6. The lowest BCUT2D eigenvalue weighted by molar-refractivity contribution is -0.142. The van der Waals surface area contributed by atoms with E-state index < -0.39 is 0 Å². The third-order valence-corrected chi connectivity index (χ3v) is 3.06. The first kappa shape index (κ1) is 14.1. The van der Waals surface area contributed by atoms with E-state index in [1.165, 1.54) is 6.08 Å². The van der Waals surface area contributed by atoms with Gasteiger partial charge < -0.3 is 4.74 Å². The number of carbonyl (C=O) groups excluding carboxylic acids is 1. The molecule has 20 heavy (non-hydrogen) atoms. The standard InChI is InChI=1S/C18H18O2/c1-2-18(19)20-17(13-15-9-5-3-6-10-15)14-16-11-7-4-8-12-16/h2-12,17H,1,13-14H2. The van der Waals surface area contributed by atoms with Crippen molar-refractivity contribution in [1.82, 2.24) is 0 Å². The molecule has 0 radical (unpaired) electrons. The highest BCUT2D eigenvalue weighted by Gasteiger charge is 2.14. The molecule has 0 aromatic heterocycles. The van der Waals surface area contributed by atoms with E-state index in [1.54, 1.807) is 0 Å². The van der Waals surface area contributed by atoms with Gasteiger partial charge in [0.2, 0.25) is 0 Å². The second kappa shape index (κ2) is 7.29. The first-order chi connectivity index (χ1) is 9.78. The predicted molar refractivity (Wildman–Crippen MR) is 80.4 cm³/mol. The highest BCUT2D eigenvalue weighted by Crippen LogP contribution is 2.12. The zero-order chi connectivity index (χ0) is 14.2. The summed E-state index contributed by atoms with van der Waals surface area (Å²) in [6.45, 7) is 3.45. The maximum Gasteiger partial charge on any atom is 0.330 e. The average Bonchev–Trinajstić information content (AvgIpc) is 2.49. The summed E-state index contributed by atoms with van der Waals surface area (Å²) < 4.78 is 5.45. The van der Waals surface area contributed by atoms with Crippen LogP contribution in [0.4, 0.5) is 0 Å². The first-order valence-electron chi connectivity index (χ1n) is 6.69. The van der Waals surface area contributed by atoms with Crippen LogP contribution in [0.15, 0.2) is 73.3 Å². The Kier molecular flexibility index (Phi) is 5.13. The van der Waals surface area contributed by atoms with E-state index in [2.05, 4.69) is 6.58 Å². The molecule has 0 aliphatic heterocycles. The first-order valence-corrected chi connectivity index (χ1v) is 6.69. The number of hydrogen-bond donors (Lipinski definition) is 0. The van der Waals surface area contributed by atoms with E-state index in [-0.39, 0.29) is 12.1 Å². The van der Waals surface area contributed by atoms with Gasteiger partial charge in [-0.05, 0) is 11.1 Å². The van der Waals surface area contributed by atoms with Gasteiger partial charge in [-0.2, -0.15) is 0 Å². The van der Waals surface area contributed by atoms with Gasteiger partial charge >= 0.3 is 5.97 Å². The Balaban J connectivity index is 2.08.